The Hall–Kier alpha value is -2.10. The molecule has 3 nitrogen and oxygen atoms in total. The highest BCUT2D eigenvalue weighted by atomic mass is 19.1. The van der Waals surface area contributed by atoms with Gasteiger partial charge in [0.2, 0.25) is 0 Å². The van der Waals surface area contributed by atoms with Crippen LogP contribution in [0.3, 0.4) is 0 Å². The van der Waals surface area contributed by atoms with Crippen LogP contribution in [-0.2, 0) is 0 Å². The Morgan fingerprint density at radius 2 is 2.14 bits per heavy atom. The molecule has 1 saturated carbocycles. The van der Waals surface area contributed by atoms with Crippen molar-refractivity contribution in [3.63, 3.8) is 0 Å². The molecule has 0 N–H and O–H groups in total. The topological polar surface area (TPSA) is 33.5 Å². The van der Waals surface area contributed by atoms with Crippen molar-refractivity contribution in [2.24, 2.45) is 0 Å². The molecule has 1 heterocycles. The minimum Gasteiger partial charge on any atom is -0.467 e. The minimum absolute atomic E-state index is 0.126. The first-order valence-corrected chi connectivity index (χ1v) is 7.20. The van der Waals surface area contributed by atoms with Crippen LogP contribution in [-0.4, -0.2) is 16.8 Å². The number of benzene rings is 1. The first-order chi connectivity index (χ1) is 10.1. The number of nitrogens with zero attached hydrogens (tertiary/aromatic N) is 1. The van der Waals surface area contributed by atoms with Crippen LogP contribution in [0.2, 0.25) is 0 Å². The number of furan rings is 1. The molecule has 1 aliphatic rings. The fraction of sp³-hybridized carbons (Fsp3) is 0.353. The summed E-state index contributed by atoms with van der Waals surface area (Å²) < 4.78 is 18.9. The van der Waals surface area contributed by atoms with Crippen molar-refractivity contribution in [1.29, 1.82) is 0 Å². The van der Waals surface area contributed by atoms with Crippen LogP contribution in [0.25, 0.3) is 0 Å². The molecular weight excluding hydrogens is 269 g/mol. The minimum atomic E-state index is -0.384. The Morgan fingerprint density at radius 3 is 2.76 bits per heavy atom. The average molecular weight is 287 g/mol. The van der Waals surface area contributed by atoms with E-state index in [1.165, 1.54) is 12.1 Å². The van der Waals surface area contributed by atoms with Gasteiger partial charge in [-0.1, -0.05) is 6.07 Å². The van der Waals surface area contributed by atoms with Gasteiger partial charge in [0.1, 0.15) is 11.6 Å². The van der Waals surface area contributed by atoms with Gasteiger partial charge in [-0.2, -0.15) is 0 Å². The van der Waals surface area contributed by atoms with Crippen LogP contribution in [0.4, 0.5) is 4.39 Å². The lowest BCUT2D eigenvalue weighted by molar-refractivity contribution is 0.0651. The lowest BCUT2D eigenvalue weighted by atomic mass is 10.1. The number of amides is 1. The number of halogens is 1. The van der Waals surface area contributed by atoms with Crippen molar-refractivity contribution in [3.05, 3.63) is 59.3 Å². The van der Waals surface area contributed by atoms with Gasteiger partial charge in [0.25, 0.3) is 5.91 Å². The lowest BCUT2D eigenvalue weighted by Crippen LogP contribution is -2.35. The Morgan fingerprint density at radius 1 is 1.38 bits per heavy atom. The molecule has 1 atom stereocenters. The SMILES string of the molecule is Cc1ccc(F)cc1C(=O)N(C1CC1)C(C)c1ccco1. The molecule has 1 fully saturated rings. The second kappa shape index (κ2) is 5.35. The molecule has 0 aliphatic heterocycles. The number of rotatable bonds is 4. The van der Waals surface area contributed by atoms with Gasteiger partial charge in [0.15, 0.2) is 0 Å². The molecule has 0 spiro atoms. The summed E-state index contributed by atoms with van der Waals surface area (Å²) in [4.78, 5) is 14.7. The van der Waals surface area contributed by atoms with Crippen LogP contribution in [0.1, 0.15) is 47.5 Å². The first-order valence-electron chi connectivity index (χ1n) is 7.20. The molecule has 1 aliphatic carbocycles. The quantitative estimate of drug-likeness (QED) is 0.848. The lowest BCUT2D eigenvalue weighted by Gasteiger charge is -2.28. The summed E-state index contributed by atoms with van der Waals surface area (Å²) in [6.07, 6.45) is 3.59. The number of aryl methyl sites for hydroxylation is 1. The Labute approximate surface area is 123 Å². The highest BCUT2D eigenvalue weighted by molar-refractivity contribution is 5.96. The average Bonchev–Trinajstić information content (AvgIpc) is 3.14. The maximum atomic E-state index is 13.5. The predicted molar refractivity (Wildman–Crippen MR) is 77.5 cm³/mol. The molecule has 1 amide bonds. The van der Waals surface area contributed by atoms with E-state index in [1.54, 1.807) is 12.3 Å². The molecule has 2 aromatic rings. The standard InChI is InChI=1S/C17H18FNO2/c1-11-5-6-13(18)10-15(11)17(20)19(14-7-8-14)12(2)16-4-3-9-21-16/h3-6,9-10,12,14H,7-8H2,1-2H3. The molecule has 0 saturated heterocycles. The van der Waals surface area contributed by atoms with E-state index in [0.29, 0.717) is 5.56 Å². The van der Waals surface area contributed by atoms with E-state index in [-0.39, 0.29) is 23.8 Å². The Kier molecular flexibility index (Phi) is 3.53. The fourth-order valence-corrected chi connectivity index (χ4v) is 2.64. The summed E-state index contributed by atoms with van der Waals surface area (Å²) in [5, 5.41) is 0. The van der Waals surface area contributed by atoms with E-state index in [1.807, 2.05) is 30.9 Å². The normalized spacial score (nSPS) is 15.8. The van der Waals surface area contributed by atoms with Gasteiger partial charge in [0.05, 0.1) is 12.3 Å². The summed E-state index contributed by atoms with van der Waals surface area (Å²) in [7, 11) is 0. The van der Waals surface area contributed by atoms with Gasteiger partial charge < -0.3 is 9.32 Å². The van der Waals surface area contributed by atoms with E-state index >= 15 is 0 Å². The fourth-order valence-electron chi connectivity index (χ4n) is 2.64. The maximum absolute atomic E-state index is 13.5. The van der Waals surface area contributed by atoms with E-state index in [4.69, 9.17) is 4.42 Å². The van der Waals surface area contributed by atoms with E-state index in [9.17, 15) is 9.18 Å². The van der Waals surface area contributed by atoms with Crippen LogP contribution >= 0.6 is 0 Å². The summed E-state index contributed by atoms with van der Waals surface area (Å²) in [6, 6.07) is 8.10. The molecular formula is C17H18FNO2. The van der Waals surface area contributed by atoms with E-state index in [2.05, 4.69) is 0 Å². The second-order valence-electron chi connectivity index (χ2n) is 5.59. The Bertz CT molecular complexity index is 647. The third-order valence-electron chi connectivity index (χ3n) is 3.98. The molecule has 1 unspecified atom stereocenters. The molecule has 4 heteroatoms. The smallest absolute Gasteiger partial charge is 0.255 e. The van der Waals surface area contributed by atoms with Crippen molar-refractivity contribution in [2.75, 3.05) is 0 Å². The van der Waals surface area contributed by atoms with Crippen molar-refractivity contribution >= 4 is 5.91 Å². The van der Waals surface area contributed by atoms with E-state index < -0.39 is 0 Å². The molecule has 110 valence electrons. The molecule has 0 radical (unpaired) electrons. The van der Waals surface area contributed by atoms with Gasteiger partial charge in [-0.15, -0.1) is 0 Å². The van der Waals surface area contributed by atoms with Crippen molar-refractivity contribution in [1.82, 2.24) is 4.90 Å². The molecule has 21 heavy (non-hydrogen) atoms. The van der Waals surface area contributed by atoms with Gasteiger partial charge in [-0.3, -0.25) is 4.79 Å². The highest BCUT2D eigenvalue weighted by Gasteiger charge is 2.38. The summed E-state index contributed by atoms with van der Waals surface area (Å²) in [6.45, 7) is 3.78. The van der Waals surface area contributed by atoms with Crippen LogP contribution in [0, 0.1) is 12.7 Å². The first kappa shape index (κ1) is 13.9. The third-order valence-corrected chi connectivity index (χ3v) is 3.98. The number of hydrogen-bond acceptors (Lipinski definition) is 2. The van der Waals surface area contributed by atoms with Crippen molar-refractivity contribution in [2.45, 2.75) is 38.8 Å². The van der Waals surface area contributed by atoms with Gasteiger partial charge in [0, 0.05) is 11.6 Å². The number of carbonyl (C=O) groups excluding carboxylic acids is 1. The van der Waals surface area contributed by atoms with Crippen molar-refractivity contribution in [3.8, 4) is 0 Å². The van der Waals surface area contributed by atoms with Gasteiger partial charge >= 0.3 is 0 Å². The zero-order chi connectivity index (χ0) is 15.0. The second-order valence-corrected chi connectivity index (χ2v) is 5.59. The molecule has 1 aromatic carbocycles. The monoisotopic (exact) mass is 287 g/mol. The van der Waals surface area contributed by atoms with Crippen LogP contribution in [0.15, 0.2) is 41.0 Å². The van der Waals surface area contributed by atoms with Crippen LogP contribution in [0.5, 0.6) is 0 Å². The third kappa shape index (κ3) is 2.71. The highest BCUT2D eigenvalue weighted by Crippen LogP contribution is 2.36. The van der Waals surface area contributed by atoms with Gasteiger partial charge in [-0.05, 0) is 56.5 Å². The summed E-state index contributed by atoms with van der Waals surface area (Å²) in [5.41, 5.74) is 1.22. The zero-order valence-electron chi connectivity index (χ0n) is 12.2. The molecule has 3 rings (SSSR count). The predicted octanol–water partition coefficient (Wildman–Crippen LogP) is 4.09. The zero-order valence-corrected chi connectivity index (χ0v) is 12.2. The Balaban J connectivity index is 1.94. The molecule has 0 bridgehead atoms. The van der Waals surface area contributed by atoms with Crippen LogP contribution < -0.4 is 0 Å². The number of carbonyl (C=O) groups is 1. The summed E-state index contributed by atoms with van der Waals surface area (Å²) in [5.74, 6) is 0.244. The largest absolute Gasteiger partial charge is 0.467 e. The summed E-state index contributed by atoms with van der Waals surface area (Å²) >= 11 is 0. The van der Waals surface area contributed by atoms with Crippen molar-refractivity contribution < 1.29 is 13.6 Å². The van der Waals surface area contributed by atoms with E-state index in [0.717, 1.165) is 24.2 Å². The molecule has 1 aromatic heterocycles. The number of hydrogen-bond donors (Lipinski definition) is 0. The van der Waals surface area contributed by atoms with Gasteiger partial charge in [-0.25, -0.2) is 4.39 Å². The maximum Gasteiger partial charge on any atom is 0.255 e.